The maximum Gasteiger partial charge on any atom is -0.0164 e. The summed E-state index contributed by atoms with van der Waals surface area (Å²) in [6.07, 6.45) is 0. The van der Waals surface area contributed by atoms with Crippen LogP contribution in [0.25, 0.3) is 0 Å². The predicted octanol–water partition coefficient (Wildman–Crippen LogP) is 6.97. The molecule has 0 aliphatic carbocycles. The van der Waals surface area contributed by atoms with Gasteiger partial charge in [0.15, 0.2) is 0 Å². The molecular formula is C21H36. The first-order valence-electron chi connectivity index (χ1n) is 8.80. The van der Waals surface area contributed by atoms with Crippen LogP contribution in [-0.4, -0.2) is 0 Å². The lowest BCUT2D eigenvalue weighted by molar-refractivity contribution is 0.495. The van der Waals surface area contributed by atoms with Gasteiger partial charge >= 0.3 is 0 Å². The van der Waals surface area contributed by atoms with Crippen LogP contribution in [0.1, 0.15) is 96.8 Å². The van der Waals surface area contributed by atoms with E-state index in [4.69, 9.17) is 0 Å². The summed E-state index contributed by atoms with van der Waals surface area (Å²) in [6.45, 7) is 21.1. The molecular weight excluding hydrogens is 252 g/mol. The summed E-state index contributed by atoms with van der Waals surface area (Å²) >= 11 is 0. The highest BCUT2D eigenvalue weighted by atomic mass is 14.3. The average molecular weight is 289 g/mol. The van der Waals surface area contributed by atoms with Gasteiger partial charge in [-0.25, -0.2) is 0 Å². The fourth-order valence-corrected chi connectivity index (χ4v) is 2.79. The molecule has 0 amide bonds. The van der Waals surface area contributed by atoms with E-state index in [0.29, 0.717) is 35.5 Å². The van der Waals surface area contributed by atoms with Crippen molar-refractivity contribution in [3.8, 4) is 0 Å². The molecule has 0 radical (unpaired) electrons. The first-order valence-corrected chi connectivity index (χ1v) is 8.80. The smallest absolute Gasteiger partial charge is 0.0164 e. The Balaban J connectivity index is 3.33. The summed E-state index contributed by atoms with van der Waals surface area (Å²) < 4.78 is 0. The zero-order chi connectivity index (χ0) is 16.3. The summed E-state index contributed by atoms with van der Waals surface area (Å²) in [4.78, 5) is 0. The largest absolute Gasteiger partial charge is 0.0622 e. The first-order chi connectivity index (χ1) is 9.66. The summed E-state index contributed by atoms with van der Waals surface area (Å²) in [5, 5.41) is 0. The molecule has 0 saturated heterocycles. The van der Waals surface area contributed by atoms with Crippen molar-refractivity contribution in [3.05, 3.63) is 34.9 Å². The van der Waals surface area contributed by atoms with Crippen molar-refractivity contribution < 1.29 is 0 Å². The van der Waals surface area contributed by atoms with Crippen LogP contribution >= 0.6 is 0 Å². The van der Waals surface area contributed by atoms with E-state index in [9.17, 15) is 0 Å². The average Bonchev–Trinajstić information content (AvgIpc) is 2.43. The standard InChI is InChI=1S/C21H36/c1-13(2)16(7)19-10-11-20(17(8)14(3)4)21(12-19)18(9)15(5)6/h10-18H,1-9H3. The third-order valence-electron chi connectivity index (χ3n) is 5.62. The van der Waals surface area contributed by atoms with Crippen LogP contribution < -0.4 is 0 Å². The Morgan fingerprint density at radius 3 is 1.38 bits per heavy atom. The Morgan fingerprint density at radius 2 is 0.952 bits per heavy atom. The highest BCUT2D eigenvalue weighted by Gasteiger charge is 2.21. The molecule has 120 valence electrons. The Morgan fingerprint density at radius 1 is 0.524 bits per heavy atom. The van der Waals surface area contributed by atoms with Gasteiger partial charge in [-0.2, -0.15) is 0 Å². The van der Waals surface area contributed by atoms with E-state index in [1.165, 1.54) is 5.56 Å². The molecule has 0 fully saturated rings. The van der Waals surface area contributed by atoms with Gasteiger partial charge in [0.05, 0.1) is 0 Å². The fraction of sp³-hybridized carbons (Fsp3) is 0.714. The SMILES string of the molecule is CC(C)C(C)c1ccc(C(C)C(C)C)c(C(C)C(C)C)c1. The van der Waals surface area contributed by atoms with Crippen LogP contribution in [0.2, 0.25) is 0 Å². The lowest BCUT2D eigenvalue weighted by Gasteiger charge is -2.27. The number of benzene rings is 1. The Hall–Kier alpha value is -0.780. The van der Waals surface area contributed by atoms with Gasteiger partial charge in [0.25, 0.3) is 0 Å². The van der Waals surface area contributed by atoms with Gasteiger partial charge in [0.1, 0.15) is 0 Å². The molecule has 1 aromatic carbocycles. The highest BCUT2D eigenvalue weighted by Crippen LogP contribution is 2.36. The molecule has 3 atom stereocenters. The molecule has 1 aromatic rings. The molecule has 0 saturated carbocycles. The predicted molar refractivity (Wildman–Crippen MR) is 96.2 cm³/mol. The summed E-state index contributed by atoms with van der Waals surface area (Å²) in [5.41, 5.74) is 4.65. The van der Waals surface area contributed by atoms with E-state index in [2.05, 4.69) is 80.5 Å². The molecule has 0 heteroatoms. The van der Waals surface area contributed by atoms with Crippen molar-refractivity contribution in [2.24, 2.45) is 17.8 Å². The number of hydrogen-bond donors (Lipinski definition) is 0. The van der Waals surface area contributed by atoms with E-state index < -0.39 is 0 Å². The zero-order valence-electron chi connectivity index (χ0n) is 15.7. The topological polar surface area (TPSA) is 0 Å². The van der Waals surface area contributed by atoms with Gasteiger partial charge in [-0.05, 0) is 52.2 Å². The lowest BCUT2D eigenvalue weighted by atomic mass is 9.78. The van der Waals surface area contributed by atoms with Gasteiger partial charge in [0.2, 0.25) is 0 Å². The maximum atomic E-state index is 2.50. The zero-order valence-corrected chi connectivity index (χ0v) is 15.7. The molecule has 3 unspecified atom stereocenters. The van der Waals surface area contributed by atoms with Gasteiger partial charge in [0, 0.05) is 0 Å². The monoisotopic (exact) mass is 288 g/mol. The van der Waals surface area contributed by atoms with Gasteiger partial charge in [-0.3, -0.25) is 0 Å². The van der Waals surface area contributed by atoms with Crippen molar-refractivity contribution in [1.82, 2.24) is 0 Å². The number of rotatable bonds is 6. The van der Waals surface area contributed by atoms with E-state index in [0.717, 1.165) is 0 Å². The number of hydrogen-bond acceptors (Lipinski definition) is 0. The first kappa shape index (κ1) is 18.3. The van der Waals surface area contributed by atoms with Crippen LogP contribution in [0.4, 0.5) is 0 Å². The van der Waals surface area contributed by atoms with Crippen LogP contribution in [0.3, 0.4) is 0 Å². The molecule has 0 aromatic heterocycles. The summed E-state index contributed by atoms with van der Waals surface area (Å²) in [7, 11) is 0. The van der Waals surface area contributed by atoms with Gasteiger partial charge in [-0.15, -0.1) is 0 Å². The van der Waals surface area contributed by atoms with E-state index in [-0.39, 0.29) is 0 Å². The Bertz CT molecular complexity index is 439. The van der Waals surface area contributed by atoms with Crippen molar-refractivity contribution in [2.45, 2.75) is 80.1 Å². The van der Waals surface area contributed by atoms with Gasteiger partial charge in [-0.1, -0.05) is 80.5 Å². The van der Waals surface area contributed by atoms with Gasteiger partial charge < -0.3 is 0 Å². The molecule has 0 spiro atoms. The lowest BCUT2D eigenvalue weighted by Crippen LogP contribution is -2.12. The molecule has 0 nitrogen and oxygen atoms in total. The quantitative estimate of drug-likeness (QED) is 0.530. The van der Waals surface area contributed by atoms with Crippen LogP contribution in [0.15, 0.2) is 18.2 Å². The molecule has 0 bridgehead atoms. The molecule has 0 aliphatic rings. The second-order valence-electron chi connectivity index (χ2n) is 7.99. The van der Waals surface area contributed by atoms with Crippen LogP contribution in [0.5, 0.6) is 0 Å². The molecule has 21 heavy (non-hydrogen) atoms. The van der Waals surface area contributed by atoms with Crippen molar-refractivity contribution in [2.75, 3.05) is 0 Å². The summed E-state index contributed by atoms with van der Waals surface area (Å²) in [6, 6.07) is 7.28. The third-order valence-corrected chi connectivity index (χ3v) is 5.62. The molecule has 0 aliphatic heterocycles. The minimum Gasteiger partial charge on any atom is -0.0622 e. The normalized spacial score (nSPS) is 16.6. The van der Waals surface area contributed by atoms with Crippen LogP contribution in [0, 0.1) is 17.8 Å². The Kier molecular flexibility index (Phi) is 6.50. The third kappa shape index (κ3) is 4.34. The van der Waals surface area contributed by atoms with E-state index in [1.807, 2.05) is 0 Å². The summed E-state index contributed by atoms with van der Waals surface area (Å²) in [5.74, 6) is 3.96. The Labute approximate surface area is 133 Å². The molecule has 0 heterocycles. The second-order valence-corrected chi connectivity index (χ2v) is 7.99. The van der Waals surface area contributed by atoms with Crippen molar-refractivity contribution in [1.29, 1.82) is 0 Å². The minimum absolute atomic E-state index is 0.625. The van der Waals surface area contributed by atoms with Crippen LogP contribution in [-0.2, 0) is 0 Å². The van der Waals surface area contributed by atoms with Crippen molar-refractivity contribution >= 4 is 0 Å². The minimum atomic E-state index is 0.625. The van der Waals surface area contributed by atoms with E-state index >= 15 is 0 Å². The highest BCUT2D eigenvalue weighted by molar-refractivity contribution is 5.38. The maximum absolute atomic E-state index is 2.50. The molecule has 1 rings (SSSR count). The van der Waals surface area contributed by atoms with E-state index in [1.54, 1.807) is 11.1 Å². The van der Waals surface area contributed by atoms with Crippen molar-refractivity contribution in [3.63, 3.8) is 0 Å². The fourth-order valence-electron chi connectivity index (χ4n) is 2.79. The molecule has 0 N–H and O–H groups in total. The second kappa shape index (κ2) is 7.47.